The number of hydrogen-bond acceptors (Lipinski definition) is 5. The summed E-state index contributed by atoms with van der Waals surface area (Å²) < 4.78 is 10.7. The molecule has 0 fully saturated rings. The number of ether oxygens (including phenoxy) is 2. The van der Waals surface area contributed by atoms with Crippen LogP contribution < -0.4 is 14.8 Å². The predicted molar refractivity (Wildman–Crippen MR) is 83.4 cm³/mol. The fraction of sp³-hybridized carbons (Fsp3) is 0.333. The lowest BCUT2D eigenvalue weighted by Gasteiger charge is -2.09. The zero-order valence-corrected chi connectivity index (χ0v) is 12.9. The van der Waals surface area contributed by atoms with Crippen LogP contribution in [0.1, 0.15) is 12.6 Å². The van der Waals surface area contributed by atoms with E-state index in [4.69, 9.17) is 21.1 Å². The van der Waals surface area contributed by atoms with E-state index in [-0.39, 0.29) is 0 Å². The Balaban J connectivity index is 1.80. The van der Waals surface area contributed by atoms with Gasteiger partial charge in [-0.3, -0.25) is 0 Å². The molecule has 0 saturated carbocycles. The van der Waals surface area contributed by atoms with Crippen LogP contribution in [-0.4, -0.2) is 30.2 Å². The van der Waals surface area contributed by atoms with Crippen molar-refractivity contribution >= 4 is 17.5 Å². The minimum absolute atomic E-state index is 0.445. The van der Waals surface area contributed by atoms with E-state index in [0.717, 1.165) is 23.6 Å². The average molecular weight is 308 g/mol. The molecule has 2 rings (SSSR count). The second kappa shape index (κ2) is 7.69. The molecule has 0 aliphatic heterocycles. The first-order valence-electron chi connectivity index (χ1n) is 6.75. The molecule has 0 radical (unpaired) electrons. The molecule has 6 heteroatoms. The molecule has 0 unspecified atom stereocenters. The number of methoxy groups -OCH3 is 1. The van der Waals surface area contributed by atoms with E-state index >= 15 is 0 Å². The summed E-state index contributed by atoms with van der Waals surface area (Å²) in [6.45, 7) is 3.12. The molecule has 1 aromatic carbocycles. The summed E-state index contributed by atoms with van der Waals surface area (Å²) in [5, 5.41) is 3.54. The van der Waals surface area contributed by atoms with Crippen molar-refractivity contribution in [2.24, 2.45) is 0 Å². The van der Waals surface area contributed by atoms with Crippen LogP contribution in [0.3, 0.4) is 0 Å². The standard InChI is InChI=1S/C15H18ClN3O2/c1-3-11-10-14(16)19-15(18-11)17-8-9-21-13-6-4-12(20-2)5-7-13/h4-7,10H,3,8-9H2,1-2H3,(H,17,18,19). The number of aryl methyl sites for hydroxylation is 1. The molecule has 0 atom stereocenters. The molecule has 0 bridgehead atoms. The van der Waals surface area contributed by atoms with Crippen molar-refractivity contribution in [2.45, 2.75) is 13.3 Å². The van der Waals surface area contributed by atoms with Gasteiger partial charge in [0.1, 0.15) is 23.3 Å². The van der Waals surface area contributed by atoms with Crippen molar-refractivity contribution in [3.8, 4) is 11.5 Å². The van der Waals surface area contributed by atoms with Gasteiger partial charge in [-0.05, 0) is 36.8 Å². The topological polar surface area (TPSA) is 56.3 Å². The van der Waals surface area contributed by atoms with Crippen LogP contribution in [0.5, 0.6) is 11.5 Å². The molecule has 1 heterocycles. The van der Waals surface area contributed by atoms with Crippen molar-refractivity contribution in [3.05, 3.63) is 41.2 Å². The highest BCUT2D eigenvalue weighted by Crippen LogP contribution is 2.17. The van der Waals surface area contributed by atoms with Gasteiger partial charge in [-0.15, -0.1) is 0 Å². The highest BCUT2D eigenvalue weighted by Gasteiger charge is 2.02. The lowest BCUT2D eigenvalue weighted by Crippen LogP contribution is -2.14. The van der Waals surface area contributed by atoms with Crippen LogP contribution >= 0.6 is 11.6 Å². The van der Waals surface area contributed by atoms with E-state index in [1.807, 2.05) is 31.2 Å². The normalized spacial score (nSPS) is 10.2. The molecule has 5 nitrogen and oxygen atoms in total. The Morgan fingerprint density at radius 3 is 2.52 bits per heavy atom. The van der Waals surface area contributed by atoms with Gasteiger partial charge in [0.05, 0.1) is 13.7 Å². The van der Waals surface area contributed by atoms with Gasteiger partial charge in [0.25, 0.3) is 0 Å². The van der Waals surface area contributed by atoms with Gasteiger partial charge in [0.15, 0.2) is 0 Å². The quantitative estimate of drug-likeness (QED) is 0.629. The number of halogens is 1. The van der Waals surface area contributed by atoms with E-state index in [9.17, 15) is 0 Å². The highest BCUT2D eigenvalue weighted by molar-refractivity contribution is 6.29. The fourth-order valence-electron chi connectivity index (χ4n) is 1.73. The maximum absolute atomic E-state index is 5.93. The number of nitrogens with zero attached hydrogens (tertiary/aromatic N) is 2. The second-order valence-electron chi connectivity index (χ2n) is 4.31. The maximum Gasteiger partial charge on any atom is 0.224 e. The van der Waals surface area contributed by atoms with Crippen LogP contribution in [0.25, 0.3) is 0 Å². The average Bonchev–Trinajstić information content (AvgIpc) is 2.51. The SMILES string of the molecule is CCc1cc(Cl)nc(NCCOc2ccc(OC)cc2)n1. The molecule has 2 aromatic rings. The van der Waals surface area contributed by atoms with E-state index in [0.29, 0.717) is 24.3 Å². The number of rotatable bonds is 7. The number of hydrogen-bond donors (Lipinski definition) is 1. The number of nitrogens with one attached hydrogen (secondary N) is 1. The fourth-order valence-corrected chi connectivity index (χ4v) is 1.93. The number of aromatic nitrogens is 2. The Labute approximate surface area is 129 Å². The first-order chi connectivity index (χ1) is 10.2. The predicted octanol–water partition coefficient (Wildman–Crippen LogP) is 3.19. The molecule has 0 amide bonds. The van der Waals surface area contributed by atoms with E-state index in [1.165, 1.54) is 0 Å². The minimum atomic E-state index is 0.445. The Morgan fingerprint density at radius 2 is 1.86 bits per heavy atom. The Bertz CT molecular complexity index is 576. The molecular weight excluding hydrogens is 290 g/mol. The lowest BCUT2D eigenvalue weighted by molar-refractivity contribution is 0.331. The summed E-state index contributed by atoms with van der Waals surface area (Å²) in [4.78, 5) is 8.46. The third-order valence-corrected chi connectivity index (χ3v) is 3.02. The summed E-state index contributed by atoms with van der Waals surface area (Å²) in [5.74, 6) is 2.12. The van der Waals surface area contributed by atoms with Crippen LogP contribution in [0.2, 0.25) is 5.15 Å². The van der Waals surface area contributed by atoms with Crippen LogP contribution in [0.15, 0.2) is 30.3 Å². The van der Waals surface area contributed by atoms with Crippen molar-refractivity contribution in [1.29, 1.82) is 0 Å². The molecule has 112 valence electrons. The van der Waals surface area contributed by atoms with Gasteiger partial charge in [-0.25, -0.2) is 9.97 Å². The highest BCUT2D eigenvalue weighted by atomic mass is 35.5. The van der Waals surface area contributed by atoms with Crippen molar-refractivity contribution in [3.63, 3.8) is 0 Å². The van der Waals surface area contributed by atoms with Crippen LogP contribution in [0.4, 0.5) is 5.95 Å². The van der Waals surface area contributed by atoms with E-state index in [1.54, 1.807) is 13.2 Å². The summed E-state index contributed by atoms with van der Waals surface area (Å²) >= 11 is 5.93. The third kappa shape index (κ3) is 4.79. The monoisotopic (exact) mass is 307 g/mol. The van der Waals surface area contributed by atoms with Crippen molar-refractivity contribution in [2.75, 3.05) is 25.6 Å². The maximum atomic E-state index is 5.93. The second-order valence-corrected chi connectivity index (χ2v) is 4.70. The summed E-state index contributed by atoms with van der Waals surface area (Å²) in [6.07, 6.45) is 0.819. The minimum Gasteiger partial charge on any atom is -0.497 e. The summed E-state index contributed by atoms with van der Waals surface area (Å²) in [5.41, 5.74) is 0.911. The van der Waals surface area contributed by atoms with Gasteiger partial charge in [0, 0.05) is 5.69 Å². The molecule has 0 spiro atoms. The summed E-state index contributed by atoms with van der Waals surface area (Å²) in [7, 11) is 1.63. The van der Waals surface area contributed by atoms with Crippen molar-refractivity contribution in [1.82, 2.24) is 9.97 Å². The molecular formula is C15H18ClN3O2. The Hall–Kier alpha value is -2.01. The van der Waals surface area contributed by atoms with Gasteiger partial charge >= 0.3 is 0 Å². The molecule has 0 aliphatic carbocycles. The third-order valence-electron chi connectivity index (χ3n) is 2.82. The van der Waals surface area contributed by atoms with Gasteiger partial charge in [-0.2, -0.15) is 0 Å². The number of anilines is 1. The zero-order valence-electron chi connectivity index (χ0n) is 12.1. The van der Waals surface area contributed by atoms with E-state index in [2.05, 4.69) is 15.3 Å². The molecule has 0 aliphatic rings. The molecule has 1 N–H and O–H groups in total. The Kier molecular flexibility index (Phi) is 5.63. The molecule has 21 heavy (non-hydrogen) atoms. The zero-order chi connectivity index (χ0) is 15.1. The van der Waals surface area contributed by atoms with Crippen LogP contribution in [0, 0.1) is 0 Å². The summed E-state index contributed by atoms with van der Waals surface area (Å²) in [6, 6.07) is 9.21. The van der Waals surface area contributed by atoms with Gasteiger partial charge in [0.2, 0.25) is 5.95 Å². The lowest BCUT2D eigenvalue weighted by atomic mass is 10.3. The first kappa shape index (κ1) is 15.4. The van der Waals surface area contributed by atoms with Gasteiger partial charge in [-0.1, -0.05) is 18.5 Å². The first-order valence-corrected chi connectivity index (χ1v) is 7.13. The number of benzene rings is 1. The smallest absolute Gasteiger partial charge is 0.224 e. The molecule has 1 aromatic heterocycles. The van der Waals surface area contributed by atoms with Crippen LogP contribution in [-0.2, 0) is 6.42 Å². The van der Waals surface area contributed by atoms with Gasteiger partial charge < -0.3 is 14.8 Å². The largest absolute Gasteiger partial charge is 0.497 e. The van der Waals surface area contributed by atoms with Crippen molar-refractivity contribution < 1.29 is 9.47 Å². The molecule has 0 saturated heterocycles. The van der Waals surface area contributed by atoms with E-state index < -0.39 is 0 Å². The Morgan fingerprint density at radius 1 is 1.14 bits per heavy atom.